The van der Waals surface area contributed by atoms with Crippen molar-refractivity contribution < 1.29 is 80.2 Å². The zero-order valence-electron chi connectivity index (χ0n) is 69.1. The van der Waals surface area contributed by atoms with E-state index < -0.39 is 97.5 Å². The molecule has 0 amide bonds. The Morgan fingerprint density at radius 3 is 0.774 bits per heavy atom. The molecule has 0 fully saturated rings. The van der Waals surface area contributed by atoms with E-state index in [9.17, 15) is 43.2 Å². The molecule has 0 aliphatic carbocycles. The Kier molecular flexibility index (Phi) is 77.4. The molecule has 0 aromatic carbocycles. The van der Waals surface area contributed by atoms with Crippen LogP contribution >= 0.6 is 15.6 Å². The first kappa shape index (κ1) is 104. The number of aliphatic hydroxyl groups excluding tert-OH is 1. The van der Waals surface area contributed by atoms with Gasteiger partial charge in [-0.25, -0.2) is 9.13 Å². The molecule has 0 saturated heterocycles. The summed E-state index contributed by atoms with van der Waals surface area (Å²) >= 11 is 0. The lowest BCUT2D eigenvalue weighted by Crippen LogP contribution is -2.30. The molecule has 19 heteroatoms. The summed E-state index contributed by atoms with van der Waals surface area (Å²) in [5.41, 5.74) is 0. The molecule has 3 N–H and O–H groups in total. The zero-order chi connectivity index (χ0) is 77.6. The number of aliphatic hydroxyl groups is 1. The van der Waals surface area contributed by atoms with Gasteiger partial charge in [0, 0.05) is 25.7 Å². The molecule has 0 saturated carbocycles. The SMILES string of the molecule is CCCCCC/C=C\C=C/CCCCCCCC(=O)O[C@H](COC(=O)CCCCCCCCCC(C)C)COP(=O)(O)OC[C@H](O)COP(=O)(O)OC[C@@H](COC(=O)CCCCCCCCCCCCCCCCCCCCCC)OC(=O)CCCCCCCCCCCCCCCCCCCCCCC. The van der Waals surface area contributed by atoms with Crippen LogP contribution in [0.25, 0.3) is 0 Å². The lowest BCUT2D eigenvalue weighted by atomic mass is 10.0. The van der Waals surface area contributed by atoms with Crippen LogP contribution in [0.5, 0.6) is 0 Å². The van der Waals surface area contributed by atoms with Gasteiger partial charge >= 0.3 is 39.5 Å². The van der Waals surface area contributed by atoms with Crippen LogP contribution < -0.4 is 0 Å². The van der Waals surface area contributed by atoms with Gasteiger partial charge in [0.15, 0.2) is 12.2 Å². The summed E-state index contributed by atoms with van der Waals surface area (Å²) in [7, 11) is -9.94. The second-order valence-electron chi connectivity index (χ2n) is 31.1. The van der Waals surface area contributed by atoms with Crippen LogP contribution in [0.1, 0.15) is 446 Å². The van der Waals surface area contributed by atoms with Gasteiger partial charge in [-0.1, -0.05) is 393 Å². The van der Waals surface area contributed by atoms with Crippen LogP contribution in [0.4, 0.5) is 0 Å². The Bertz CT molecular complexity index is 2110. The number of hydrogen-bond acceptors (Lipinski definition) is 15. The summed E-state index contributed by atoms with van der Waals surface area (Å²) in [6.07, 6.45) is 76.1. The fourth-order valence-electron chi connectivity index (χ4n) is 13.1. The average Bonchev–Trinajstić information content (AvgIpc) is 0.908. The summed E-state index contributed by atoms with van der Waals surface area (Å²) in [4.78, 5) is 73.2. The van der Waals surface area contributed by atoms with E-state index in [4.69, 9.17) is 37.0 Å². The molecule has 626 valence electrons. The molecule has 5 atom stereocenters. The Morgan fingerprint density at radius 2 is 0.509 bits per heavy atom. The number of esters is 4. The number of rotatable bonds is 85. The third-order valence-electron chi connectivity index (χ3n) is 19.9. The monoisotopic (exact) mass is 1550 g/mol. The number of phosphoric acid groups is 2. The van der Waals surface area contributed by atoms with Crippen molar-refractivity contribution >= 4 is 39.5 Å². The van der Waals surface area contributed by atoms with Gasteiger partial charge in [-0.05, 0) is 57.3 Å². The van der Waals surface area contributed by atoms with Crippen molar-refractivity contribution in [2.45, 2.75) is 464 Å². The van der Waals surface area contributed by atoms with Crippen molar-refractivity contribution in [3.05, 3.63) is 24.3 Å². The van der Waals surface area contributed by atoms with Crippen LogP contribution in [0.3, 0.4) is 0 Å². The molecular formula is C87H166O17P2. The highest BCUT2D eigenvalue weighted by Gasteiger charge is 2.30. The largest absolute Gasteiger partial charge is 0.472 e. The predicted molar refractivity (Wildman–Crippen MR) is 437 cm³/mol. The third kappa shape index (κ3) is 79.6. The summed E-state index contributed by atoms with van der Waals surface area (Å²) < 4.78 is 68.8. The van der Waals surface area contributed by atoms with E-state index >= 15 is 0 Å². The normalized spacial score (nSPS) is 13.9. The van der Waals surface area contributed by atoms with Gasteiger partial charge in [0.25, 0.3) is 0 Å². The van der Waals surface area contributed by atoms with Gasteiger partial charge in [-0.2, -0.15) is 0 Å². The number of carbonyl (C=O) groups excluding carboxylic acids is 4. The van der Waals surface area contributed by atoms with Gasteiger partial charge in [-0.15, -0.1) is 0 Å². The predicted octanol–water partition coefficient (Wildman–Crippen LogP) is 26.3. The zero-order valence-corrected chi connectivity index (χ0v) is 70.9. The number of phosphoric ester groups is 2. The second kappa shape index (κ2) is 79.2. The Balaban J connectivity index is 5.24. The number of ether oxygens (including phenoxy) is 4. The van der Waals surface area contributed by atoms with Crippen molar-refractivity contribution in [1.29, 1.82) is 0 Å². The summed E-state index contributed by atoms with van der Waals surface area (Å²) in [5.74, 6) is -1.43. The molecule has 0 spiro atoms. The van der Waals surface area contributed by atoms with Gasteiger partial charge in [0.05, 0.1) is 26.4 Å². The average molecular weight is 1550 g/mol. The van der Waals surface area contributed by atoms with E-state index in [2.05, 4.69) is 58.9 Å². The molecule has 0 aliphatic rings. The molecule has 106 heavy (non-hydrogen) atoms. The van der Waals surface area contributed by atoms with E-state index in [-0.39, 0.29) is 25.7 Å². The number of hydrogen-bond donors (Lipinski definition) is 3. The molecule has 2 unspecified atom stereocenters. The molecule has 0 aliphatic heterocycles. The van der Waals surface area contributed by atoms with Crippen LogP contribution in [-0.4, -0.2) is 96.7 Å². The van der Waals surface area contributed by atoms with E-state index in [1.165, 1.54) is 250 Å². The molecule has 0 aromatic heterocycles. The fraction of sp³-hybridized carbons (Fsp3) is 0.908. The quantitative estimate of drug-likeness (QED) is 0.0169. The second-order valence-corrected chi connectivity index (χ2v) is 34.0. The maximum absolute atomic E-state index is 13.2. The Labute approximate surface area is 650 Å². The first-order valence-corrected chi connectivity index (χ1v) is 47.4. The highest BCUT2D eigenvalue weighted by Crippen LogP contribution is 2.45. The van der Waals surface area contributed by atoms with Crippen LogP contribution in [0.15, 0.2) is 24.3 Å². The van der Waals surface area contributed by atoms with E-state index in [1.54, 1.807) is 0 Å². The minimum atomic E-state index is -4.97. The van der Waals surface area contributed by atoms with E-state index in [0.717, 1.165) is 109 Å². The lowest BCUT2D eigenvalue weighted by molar-refractivity contribution is -0.161. The highest BCUT2D eigenvalue weighted by atomic mass is 31.2. The smallest absolute Gasteiger partial charge is 0.462 e. The molecule has 0 rings (SSSR count). The maximum atomic E-state index is 13.2. The van der Waals surface area contributed by atoms with E-state index in [1.807, 2.05) is 0 Å². The summed E-state index contributed by atoms with van der Waals surface area (Å²) in [5, 5.41) is 10.7. The molecule has 0 bridgehead atoms. The van der Waals surface area contributed by atoms with Gasteiger partial charge < -0.3 is 33.8 Å². The molecule has 0 aromatic rings. The Morgan fingerprint density at radius 1 is 0.292 bits per heavy atom. The Hall–Kier alpha value is -2.46. The third-order valence-corrected chi connectivity index (χ3v) is 21.8. The molecule has 0 heterocycles. The molecule has 0 radical (unpaired) electrons. The number of unbranched alkanes of at least 4 members (excludes halogenated alkanes) is 54. The van der Waals surface area contributed by atoms with Gasteiger partial charge in [0.2, 0.25) is 0 Å². The van der Waals surface area contributed by atoms with Crippen molar-refractivity contribution in [2.75, 3.05) is 39.6 Å². The maximum Gasteiger partial charge on any atom is 0.472 e. The van der Waals surface area contributed by atoms with Crippen molar-refractivity contribution in [2.24, 2.45) is 5.92 Å². The standard InChI is InChI=1S/C87H166O17P2/c1-6-9-12-15-18-21-24-27-30-32-34-36-38-40-43-46-49-52-57-63-68-73-86(91)103-82(76-97-84(89)70-65-60-55-50-47-44-42-39-37-35-33-31-28-25-22-19-16-13-10-7-2)78-101-105(93,94)99-74-81(88)75-100-106(95,96)102-79-83(77-98-85(90)71-66-61-58-53-54-59-64-69-80(4)5)104-87(92)72-67-62-56-51-48-45-41-29-26-23-20-17-14-11-8-3/h23,26,29,41,80-83,88H,6-22,24-25,27-28,30-40,42-79H2,1-5H3,(H,93,94)(H,95,96)/b26-23-,41-29-/t81-,82-,83-/m1/s1. The lowest BCUT2D eigenvalue weighted by Gasteiger charge is -2.21. The minimum Gasteiger partial charge on any atom is -0.462 e. The van der Waals surface area contributed by atoms with Crippen LogP contribution in [0.2, 0.25) is 0 Å². The van der Waals surface area contributed by atoms with Crippen LogP contribution in [-0.2, 0) is 65.4 Å². The van der Waals surface area contributed by atoms with Gasteiger partial charge in [-0.3, -0.25) is 37.3 Å². The molecule has 17 nitrogen and oxygen atoms in total. The first-order valence-electron chi connectivity index (χ1n) is 44.5. The summed E-state index contributed by atoms with van der Waals surface area (Å²) in [6.45, 7) is 7.23. The number of carbonyl (C=O) groups is 4. The van der Waals surface area contributed by atoms with Crippen molar-refractivity contribution in [1.82, 2.24) is 0 Å². The topological polar surface area (TPSA) is 237 Å². The fourth-order valence-corrected chi connectivity index (χ4v) is 14.7. The van der Waals surface area contributed by atoms with Crippen LogP contribution in [0, 0.1) is 5.92 Å². The highest BCUT2D eigenvalue weighted by molar-refractivity contribution is 7.47. The van der Waals surface area contributed by atoms with Crippen molar-refractivity contribution in [3.8, 4) is 0 Å². The molecular weight excluding hydrogens is 1380 g/mol. The van der Waals surface area contributed by atoms with E-state index in [0.29, 0.717) is 31.6 Å². The summed E-state index contributed by atoms with van der Waals surface area (Å²) in [6, 6.07) is 0. The van der Waals surface area contributed by atoms with Gasteiger partial charge in [0.1, 0.15) is 19.3 Å². The minimum absolute atomic E-state index is 0.0848. The number of allylic oxidation sites excluding steroid dienone is 4. The first-order chi connectivity index (χ1) is 51.5. The van der Waals surface area contributed by atoms with Crippen molar-refractivity contribution in [3.63, 3.8) is 0 Å².